The highest BCUT2D eigenvalue weighted by Crippen LogP contribution is 2.20. The Morgan fingerprint density at radius 2 is 1.83 bits per heavy atom. The van der Waals surface area contributed by atoms with E-state index in [-0.39, 0.29) is 18.2 Å². The van der Waals surface area contributed by atoms with Crippen LogP contribution in [0.5, 0.6) is 0 Å². The van der Waals surface area contributed by atoms with Gasteiger partial charge >= 0.3 is 0 Å². The van der Waals surface area contributed by atoms with Crippen molar-refractivity contribution in [1.29, 1.82) is 0 Å². The molecule has 1 unspecified atom stereocenters. The largest absolute Gasteiger partial charge is 0.378 e. The summed E-state index contributed by atoms with van der Waals surface area (Å²) >= 11 is 0. The standard InChI is InChI=1S/C22H26N4O3/c1-15-7-9-16(10-8-15)13-26-14-18(12-20(26)27)22(29)24-23-21(28)17-5-4-6-19(11-17)25(2)3/h4-11,18H,12-14H2,1-3H3,(H,23,28)(H,24,29). The van der Waals surface area contributed by atoms with Gasteiger partial charge in [0.15, 0.2) is 0 Å². The number of likely N-dealkylation sites (tertiary alicyclic amines) is 1. The number of amides is 3. The van der Waals surface area contributed by atoms with Crippen LogP contribution >= 0.6 is 0 Å². The molecule has 29 heavy (non-hydrogen) atoms. The van der Waals surface area contributed by atoms with Crippen LogP contribution in [0.4, 0.5) is 5.69 Å². The molecule has 1 fully saturated rings. The number of hydrogen-bond donors (Lipinski definition) is 2. The SMILES string of the molecule is Cc1ccc(CN2CC(C(=O)NNC(=O)c3cccc(N(C)C)c3)CC2=O)cc1. The number of anilines is 1. The third kappa shape index (κ3) is 5.13. The number of carbonyl (C=O) groups excluding carboxylic acids is 3. The first-order valence-electron chi connectivity index (χ1n) is 9.54. The van der Waals surface area contributed by atoms with Gasteiger partial charge in [-0.3, -0.25) is 25.2 Å². The highest BCUT2D eigenvalue weighted by Gasteiger charge is 2.34. The van der Waals surface area contributed by atoms with Crippen molar-refractivity contribution in [2.75, 3.05) is 25.5 Å². The zero-order valence-electron chi connectivity index (χ0n) is 16.9. The molecule has 152 valence electrons. The maximum absolute atomic E-state index is 12.4. The van der Waals surface area contributed by atoms with Crippen LogP contribution in [0.3, 0.4) is 0 Å². The maximum atomic E-state index is 12.4. The predicted molar refractivity (Wildman–Crippen MR) is 111 cm³/mol. The van der Waals surface area contributed by atoms with E-state index in [0.717, 1.165) is 16.8 Å². The zero-order chi connectivity index (χ0) is 21.0. The normalized spacial score (nSPS) is 15.9. The van der Waals surface area contributed by atoms with Crippen LogP contribution in [0.25, 0.3) is 0 Å². The van der Waals surface area contributed by atoms with Crippen LogP contribution in [-0.2, 0) is 16.1 Å². The van der Waals surface area contributed by atoms with Gasteiger partial charge in [0.1, 0.15) is 0 Å². The van der Waals surface area contributed by atoms with Crippen molar-refractivity contribution in [3.63, 3.8) is 0 Å². The average molecular weight is 394 g/mol. The molecule has 1 saturated heterocycles. The summed E-state index contributed by atoms with van der Waals surface area (Å²) in [5.41, 5.74) is 8.41. The number of rotatable bonds is 5. The van der Waals surface area contributed by atoms with Crippen molar-refractivity contribution in [2.24, 2.45) is 5.92 Å². The van der Waals surface area contributed by atoms with Crippen LogP contribution in [0, 0.1) is 12.8 Å². The molecule has 1 aliphatic heterocycles. The van der Waals surface area contributed by atoms with Gasteiger partial charge in [-0.15, -0.1) is 0 Å². The molecular formula is C22H26N4O3. The smallest absolute Gasteiger partial charge is 0.269 e. The van der Waals surface area contributed by atoms with Crippen LogP contribution in [0.1, 0.15) is 27.9 Å². The first kappa shape index (κ1) is 20.4. The van der Waals surface area contributed by atoms with Crippen LogP contribution < -0.4 is 15.8 Å². The van der Waals surface area contributed by atoms with E-state index >= 15 is 0 Å². The third-order valence-electron chi connectivity index (χ3n) is 5.00. The Morgan fingerprint density at radius 3 is 2.52 bits per heavy atom. The van der Waals surface area contributed by atoms with Gasteiger partial charge in [-0.25, -0.2) is 0 Å². The fourth-order valence-electron chi connectivity index (χ4n) is 3.23. The van der Waals surface area contributed by atoms with Gasteiger partial charge in [-0.05, 0) is 30.7 Å². The van der Waals surface area contributed by atoms with E-state index < -0.39 is 11.8 Å². The summed E-state index contributed by atoms with van der Waals surface area (Å²) in [6.45, 7) is 2.83. The molecule has 7 nitrogen and oxygen atoms in total. The summed E-state index contributed by atoms with van der Waals surface area (Å²) in [5.74, 6) is -1.30. The van der Waals surface area contributed by atoms with E-state index in [0.29, 0.717) is 18.7 Å². The molecule has 0 bridgehead atoms. The molecule has 2 aromatic rings. The summed E-state index contributed by atoms with van der Waals surface area (Å²) in [7, 11) is 3.77. The Morgan fingerprint density at radius 1 is 1.10 bits per heavy atom. The molecule has 0 aromatic heterocycles. The fraction of sp³-hybridized carbons (Fsp3) is 0.318. The molecular weight excluding hydrogens is 368 g/mol. The van der Waals surface area contributed by atoms with Gasteiger partial charge in [-0.2, -0.15) is 0 Å². The number of hydrazine groups is 1. The molecule has 1 heterocycles. The Kier molecular flexibility index (Phi) is 6.16. The molecule has 0 saturated carbocycles. The van der Waals surface area contributed by atoms with Crippen LogP contribution in [-0.4, -0.2) is 43.3 Å². The topological polar surface area (TPSA) is 81.8 Å². The van der Waals surface area contributed by atoms with Crippen LogP contribution in [0.2, 0.25) is 0 Å². The first-order chi connectivity index (χ1) is 13.8. The lowest BCUT2D eigenvalue weighted by Gasteiger charge is -2.17. The Balaban J connectivity index is 1.53. The average Bonchev–Trinajstić information content (AvgIpc) is 3.08. The second-order valence-electron chi connectivity index (χ2n) is 7.55. The van der Waals surface area contributed by atoms with E-state index in [9.17, 15) is 14.4 Å². The number of nitrogens with zero attached hydrogens (tertiary/aromatic N) is 2. The first-order valence-corrected chi connectivity index (χ1v) is 9.54. The van der Waals surface area contributed by atoms with Gasteiger partial charge in [0.25, 0.3) is 5.91 Å². The monoisotopic (exact) mass is 394 g/mol. The highest BCUT2D eigenvalue weighted by molar-refractivity contribution is 5.97. The lowest BCUT2D eigenvalue weighted by molar-refractivity contribution is -0.129. The molecule has 2 aromatic carbocycles. The molecule has 2 N–H and O–H groups in total. The van der Waals surface area contributed by atoms with E-state index in [2.05, 4.69) is 10.9 Å². The van der Waals surface area contributed by atoms with Crippen molar-refractivity contribution in [1.82, 2.24) is 15.8 Å². The Hall–Kier alpha value is -3.35. The molecule has 3 amide bonds. The van der Waals surface area contributed by atoms with E-state index in [1.165, 1.54) is 0 Å². The fourth-order valence-corrected chi connectivity index (χ4v) is 3.23. The van der Waals surface area contributed by atoms with Crippen molar-refractivity contribution >= 4 is 23.4 Å². The molecule has 1 aliphatic rings. The number of benzene rings is 2. The summed E-state index contributed by atoms with van der Waals surface area (Å²) in [5, 5.41) is 0. The van der Waals surface area contributed by atoms with Crippen molar-refractivity contribution < 1.29 is 14.4 Å². The molecule has 1 atom stereocenters. The number of hydrogen-bond acceptors (Lipinski definition) is 4. The van der Waals surface area contributed by atoms with Crippen LogP contribution in [0.15, 0.2) is 48.5 Å². The van der Waals surface area contributed by atoms with Gasteiger partial charge in [0.2, 0.25) is 11.8 Å². The Labute approximate surface area is 170 Å². The lowest BCUT2D eigenvalue weighted by atomic mass is 10.1. The second-order valence-corrected chi connectivity index (χ2v) is 7.55. The van der Waals surface area contributed by atoms with Crippen molar-refractivity contribution in [2.45, 2.75) is 19.9 Å². The zero-order valence-corrected chi connectivity index (χ0v) is 16.9. The molecule has 7 heteroatoms. The number of nitrogens with one attached hydrogen (secondary N) is 2. The van der Waals surface area contributed by atoms with E-state index in [1.54, 1.807) is 23.1 Å². The minimum absolute atomic E-state index is 0.0595. The predicted octanol–water partition coefficient (Wildman–Crippen LogP) is 1.87. The minimum atomic E-state index is -0.485. The van der Waals surface area contributed by atoms with E-state index in [4.69, 9.17) is 0 Å². The van der Waals surface area contributed by atoms with Crippen molar-refractivity contribution in [3.8, 4) is 0 Å². The minimum Gasteiger partial charge on any atom is -0.378 e. The summed E-state index contributed by atoms with van der Waals surface area (Å²) in [6.07, 6.45) is 0.143. The molecule has 0 radical (unpaired) electrons. The van der Waals surface area contributed by atoms with Crippen molar-refractivity contribution in [3.05, 3.63) is 65.2 Å². The Bertz CT molecular complexity index is 909. The van der Waals surface area contributed by atoms with Gasteiger partial charge < -0.3 is 9.80 Å². The van der Waals surface area contributed by atoms with Gasteiger partial charge in [-0.1, -0.05) is 35.9 Å². The quantitative estimate of drug-likeness (QED) is 0.759. The molecule has 0 aliphatic carbocycles. The summed E-state index contributed by atoms with van der Waals surface area (Å²) < 4.78 is 0. The lowest BCUT2D eigenvalue weighted by Crippen LogP contribution is -2.45. The summed E-state index contributed by atoms with van der Waals surface area (Å²) in [4.78, 5) is 40.6. The highest BCUT2D eigenvalue weighted by atomic mass is 16.2. The number of aryl methyl sites for hydroxylation is 1. The molecule has 3 rings (SSSR count). The van der Waals surface area contributed by atoms with E-state index in [1.807, 2.05) is 56.3 Å². The number of carbonyl (C=O) groups is 3. The maximum Gasteiger partial charge on any atom is 0.269 e. The summed E-state index contributed by atoms with van der Waals surface area (Å²) in [6, 6.07) is 15.1. The van der Waals surface area contributed by atoms with Gasteiger partial charge in [0, 0.05) is 44.9 Å². The third-order valence-corrected chi connectivity index (χ3v) is 5.00. The van der Waals surface area contributed by atoms with Gasteiger partial charge in [0.05, 0.1) is 5.92 Å². The second kappa shape index (κ2) is 8.77. The molecule has 0 spiro atoms.